The largest absolute Gasteiger partial charge is 0.308 e. The number of para-hydroxylation sites is 1. The molecule has 0 bridgehead atoms. The van der Waals surface area contributed by atoms with Crippen molar-refractivity contribution in [3.05, 3.63) is 203 Å². The standard InChI is InChI=1S/C58H27N11/c59-28-35-17-36(29-60)20-43(19-35)49-26-45(58-67-56(40-9-3-1-4-10-40)66-57(68-58)41-11-5-2-6-12-41)27-50(44-21-37(30-61)18-38(22-44)31-62)55(49)69-52-14-8-7-13-48(52)51-25-42(15-16-53(51)69)54-46(33-64)23-39(32-63)24-47(54)34-65/h1-27H. The van der Waals surface area contributed by atoms with Crippen LogP contribution in [0.1, 0.15) is 38.9 Å². The smallest absolute Gasteiger partial charge is 0.164 e. The fourth-order valence-electron chi connectivity index (χ4n) is 8.77. The highest BCUT2D eigenvalue weighted by Gasteiger charge is 2.25. The Bertz CT molecular complexity index is 3850. The molecule has 0 aliphatic carbocycles. The summed E-state index contributed by atoms with van der Waals surface area (Å²) >= 11 is 0. The second-order valence-electron chi connectivity index (χ2n) is 15.9. The molecule has 11 nitrogen and oxygen atoms in total. The lowest BCUT2D eigenvalue weighted by Crippen LogP contribution is -2.04. The second kappa shape index (κ2) is 17.5. The van der Waals surface area contributed by atoms with Gasteiger partial charge in [-0.2, -0.15) is 36.8 Å². The Kier molecular flexibility index (Phi) is 10.7. The molecular weight excluding hydrogens is 851 g/mol. The van der Waals surface area contributed by atoms with Gasteiger partial charge in [-0.1, -0.05) is 84.9 Å². The average molecular weight is 878 g/mol. The van der Waals surface area contributed by atoms with Gasteiger partial charge in [0.25, 0.3) is 0 Å². The van der Waals surface area contributed by atoms with E-state index in [0.717, 1.165) is 27.4 Å². The number of hydrogen-bond donors (Lipinski definition) is 0. The van der Waals surface area contributed by atoms with Crippen molar-refractivity contribution in [3.63, 3.8) is 0 Å². The van der Waals surface area contributed by atoms with E-state index in [-0.39, 0.29) is 38.9 Å². The van der Waals surface area contributed by atoms with E-state index in [1.807, 2.05) is 121 Å². The Morgan fingerprint density at radius 2 is 0.739 bits per heavy atom. The van der Waals surface area contributed by atoms with Crippen molar-refractivity contribution in [2.75, 3.05) is 0 Å². The van der Waals surface area contributed by atoms with Crippen LogP contribution >= 0.6 is 0 Å². The van der Waals surface area contributed by atoms with E-state index in [1.54, 1.807) is 24.3 Å². The molecule has 10 rings (SSSR count). The highest BCUT2D eigenvalue weighted by atomic mass is 15.0. The summed E-state index contributed by atoms with van der Waals surface area (Å²) in [6.45, 7) is 0. The van der Waals surface area contributed by atoms with Crippen LogP contribution in [0.4, 0.5) is 0 Å². The van der Waals surface area contributed by atoms with E-state index in [9.17, 15) is 36.8 Å². The molecular formula is C58H27N11. The van der Waals surface area contributed by atoms with Crippen molar-refractivity contribution >= 4 is 21.8 Å². The zero-order chi connectivity index (χ0) is 47.6. The Hall–Kier alpha value is -11.0. The van der Waals surface area contributed by atoms with E-state index >= 15 is 0 Å². The molecule has 8 aromatic carbocycles. The summed E-state index contributed by atoms with van der Waals surface area (Å²) in [7, 11) is 0. The highest BCUT2D eigenvalue weighted by molar-refractivity contribution is 6.12. The first-order valence-electron chi connectivity index (χ1n) is 21.2. The fourth-order valence-corrected chi connectivity index (χ4v) is 8.77. The normalized spacial score (nSPS) is 10.5. The number of rotatable bonds is 7. The molecule has 0 atom stereocenters. The third-order valence-electron chi connectivity index (χ3n) is 11.8. The van der Waals surface area contributed by atoms with Gasteiger partial charge in [0.2, 0.25) is 0 Å². The maximum atomic E-state index is 10.3. The molecule has 0 aliphatic rings. The number of nitrogens with zero attached hydrogens (tertiary/aromatic N) is 11. The van der Waals surface area contributed by atoms with Crippen LogP contribution in [0.15, 0.2) is 164 Å². The minimum Gasteiger partial charge on any atom is -0.308 e. The molecule has 0 amide bonds. The molecule has 11 heteroatoms. The molecule has 0 saturated carbocycles. The predicted octanol–water partition coefficient (Wildman–Crippen LogP) is 12.1. The highest BCUT2D eigenvalue weighted by Crippen LogP contribution is 2.45. The molecule has 0 aliphatic heterocycles. The van der Waals surface area contributed by atoms with Crippen molar-refractivity contribution < 1.29 is 0 Å². The van der Waals surface area contributed by atoms with Crippen LogP contribution < -0.4 is 0 Å². The van der Waals surface area contributed by atoms with Gasteiger partial charge in [0, 0.05) is 44.2 Å². The number of fused-ring (bicyclic) bond motifs is 3. The molecule has 0 unspecified atom stereocenters. The summed E-state index contributed by atoms with van der Waals surface area (Å²) in [5, 5.41) is 73.2. The quantitative estimate of drug-likeness (QED) is 0.148. The Balaban J connectivity index is 1.37. The van der Waals surface area contributed by atoms with Crippen LogP contribution in [0.2, 0.25) is 0 Å². The summed E-state index contributed by atoms with van der Waals surface area (Å²) in [5.74, 6) is 1.15. The predicted molar refractivity (Wildman–Crippen MR) is 260 cm³/mol. The first-order chi connectivity index (χ1) is 33.8. The lowest BCUT2D eigenvalue weighted by Gasteiger charge is -2.21. The Morgan fingerprint density at radius 3 is 1.20 bits per heavy atom. The first kappa shape index (κ1) is 42.0. The molecule has 0 radical (unpaired) electrons. The van der Waals surface area contributed by atoms with Gasteiger partial charge < -0.3 is 4.57 Å². The summed E-state index contributed by atoms with van der Waals surface area (Å²) in [6.07, 6.45) is 0. The van der Waals surface area contributed by atoms with Crippen molar-refractivity contribution in [2.24, 2.45) is 0 Å². The Morgan fingerprint density at radius 1 is 0.319 bits per heavy atom. The fraction of sp³-hybridized carbons (Fsp3) is 0. The van der Waals surface area contributed by atoms with Crippen LogP contribution in [0.5, 0.6) is 0 Å². The van der Waals surface area contributed by atoms with Gasteiger partial charge in [-0.25, -0.2) is 15.0 Å². The first-order valence-corrected chi connectivity index (χ1v) is 21.2. The monoisotopic (exact) mass is 877 g/mol. The van der Waals surface area contributed by atoms with Crippen molar-refractivity contribution in [1.29, 1.82) is 36.8 Å². The summed E-state index contributed by atoms with van der Waals surface area (Å²) in [4.78, 5) is 15.1. The molecule has 10 aromatic rings. The van der Waals surface area contributed by atoms with E-state index in [0.29, 0.717) is 67.6 Å². The minimum absolute atomic E-state index is 0.175. The van der Waals surface area contributed by atoms with Gasteiger partial charge in [0.05, 0.1) is 98.1 Å². The van der Waals surface area contributed by atoms with Crippen LogP contribution in [-0.2, 0) is 0 Å². The van der Waals surface area contributed by atoms with Crippen LogP contribution in [0.3, 0.4) is 0 Å². The molecule has 2 aromatic heterocycles. The van der Waals surface area contributed by atoms with Crippen molar-refractivity contribution in [2.45, 2.75) is 0 Å². The zero-order valence-corrected chi connectivity index (χ0v) is 36.0. The second-order valence-corrected chi connectivity index (χ2v) is 15.9. The van der Waals surface area contributed by atoms with E-state index in [2.05, 4.69) is 41.0 Å². The van der Waals surface area contributed by atoms with Gasteiger partial charge >= 0.3 is 0 Å². The van der Waals surface area contributed by atoms with E-state index in [1.165, 1.54) is 24.3 Å². The van der Waals surface area contributed by atoms with Gasteiger partial charge in [-0.3, -0.25) is 0 Å². The molecule has 314 valence electrons. The SMILES string of the molecule is N#Cc1cc(C#N)cc(-c2cc(-c3nc(-c4ccccc4)nc(-c4ccccc4)n3)cc(-c3cc(C#N)cc(C#N)c3)c2-n2c3ccccc3c3cc(-c4c(C#N)cc(C#N)cc4C#N)ccc32)c1. The number of nitriles is 7. The third kappa shape index (κ3) is 7.56. The van der Waals surface area contributed by atoms with Gasteiger partial charge in [-0.15, -0.1) is 0 Å². The lowest BCUT2D eigenvalue weighted by atomic mass is 9.90. The number of benzene rings is 8. The summed E-state index contributed by atoms with van der Waals surface area (Å²) in [6, 6.07) is 64.4. The van der Waals surface area contributed by atoms with Crippen molar-refractivity contribution in [3.8, 4) is 116 Å². The molecule has 2 heterocycles. The summed E-state index contributed by atoms with van der Waals surface area (Å²) < 4.78 is 2.06. The lowest BCUT2D eigenvalue weighted by molar-refractivity contribution is 1.07. The molecule has 69 heavy (non-hydrogen) atoms. The number of hydrogen-bond acceptors (Lipinski definition) is 10. The maximum Gasteiger partial charge on any atom is 0.164 e. The van der Waals surface area contributed by atoms with E-state index < -0.39 is 0 Å². The Labute approximate surface area is 395 Å². The van der Waals surface area contributed by atoms with E-state index in [4.69, 9.17) is 15.0 Å². The molecule has 0 N–H and O–H groups in total. The van der Waals surface area contributed by atoms with Crippen LogP contribution in [0.25, 0.3) is 95.0 Å². The van der Waals surface area contributed by atoms with Crippen LogP contribution in [0, 0.1) is 79.3 Å². The molecule has 0 spiro atoms. The average Bonchev–Trinajstić information content (AvgIpc) is 3.75. The third-order valence-corrected chi connectivity index (χ3v) is 11.8. The molecule has 0 fully saturated rings. The molecule has 0 saturated heterocycles. The minimum atomic E-state index is 0.175. The summed E-state index contributed by atoms with van der Waals surface area (Å²) in [5.41, 5.74) is 8.68. The zero-order valence-electron chi connectivity index (χ0n) is 36.0. The van der Waals surface area contributed by atoms with Gasteiger partial charge in [-0.05, 0) is 95.6 Å². The van der Waals surface area contributed by atoms with Gasteiger partial charge in [0.15, 0.2) is 17.5 Å². The number of aromatic nitrogens is 4. The van der Waals surface area contributed by atoms with Gasteiger partial charge in [0.1, 0.15) is 0 Å². The maximum absolute atomic E-state index is 10.3. The van der Waals surface area contributed by atoms with Crippen molar-refractivity contribution in [1.82, 2.24) is 19.5 Å². The topological polar surface area (TPSA) is 210 Å². The van der Waals surface area contributed by atoms with Crippen LogP contribution in [-0.4, -0.2) is 19.5 Å².